The Kier molecular flexibility index (Phi) is 12.1. The summed E-state index contributed by atoms with van der Waals surface area (Å²) in [4.78, 5) is 37.2. The molecular formula is C24H36ClN3O7. The molecule has 35 heavy (non-hydrogen) atoms. The van der Waals surface area contributed by atoms with E-state index in [2.05, 4.69) is 10.6 Å². The first-order valence-corrected chi connectivity index (χ1v) is 12.2. The van der Waals surface area contributed by atoms with Crippen molar-refractivity contribution >= 4 is 35.2 Å². The smallest absolute Gasteiger partial charge is 0.407 e. The lowest BCUT2D eigenvalue weighted by atomic mass is 10.0. The third-order valence-corrected chi connectivity index (χ3v) is 5.04. The largest absolute Gasteiger partial charge is 0.484 e. The maximum Gasteiger partial charge on any atom is 0.407 e. The number of anilines is 1. The Morgan fingerprint density at radius 2 is 1.71 bits per heavy atom. The molecule has 0 unspecified atom stereocenters. The molecule has 1 aliphatic heterocycles. The number of nitrogens with zero attached hydrogens (tertiary/aromatic N) is 1. The molecule has 0 aromatic heterocycles. The second kappa shape index (κ2) is 14.8. The molecule has 0 saturated carbocycles. The summed E-state index contributed by atoms with van der Waals surface area (Å²) in [6.45, 7) is 8.07. The molecule has 0 aliphatic carbocycles. The van der Waals surface area contributed by atoms with Crippen LogP contribution in [0.5, 0.6) is 5.75 Å². The van der Waals surface area contributed by atoms with Crippen LogP contribution in [0.15, 0.2) is 18.2 Å². The van der Waals surface area contributed by atoms with E-state index >= 15 is 0 Å². The quantitative estimate of drug-likeness (QED) is 0.307. The van der Waals surface area contributed by atoms with Crippen LogP contribution in [0.2, 0.25) is 0 Å². The number of aryl methyl sites for hydroxylation is 1. The average molecular weight is 514 g/mol. The lowest BCUT2D eigenvalue weighted by Gasteiger charge is -2.29. The fourth-order valence-electron chi connectivity index (χ4n) is 3.32. The molecule has 2 rings (SSSR count). The molecule has 0 atom stereocenters. The van der Waals surface area contributed by atoms with E-state index in [0.717, 1.165) is 24.1 Å². The number of nitrogens with one attached hydrogen (secondary N) is 2. The van der Waals surface area contributed by atoms with E-state index in [1.807, 2.05) is 12.1 Å². The maximum atomic E-state index is 12.0. The third-order valence-electron chi connectivity index (χ3n) is 4.81. The second-order valence-corrected chi connectivity index (χ2v) is 9.13. The normalized spacial score (nSPS) is 13.1. The molecule has 0 spiro atoms. The zero-order chi connectivity index (χ0) is 25.7. The molecule has 3 amide bonds. The number of hydrogen-bond acceptors (Lipinski definition) is 7. The molecule has 10 nitrogen and oxygen atoms in total. The zero-order valence-corrected chi connectivity index (χ0v) is 21.4. The Labute approximate surface area is 211 Å². The molecule has 0 bridgehead atoms. The first-order chi connectivity index (χ1) is 16.7. The zero-order valence-electron chi connectivity index (χ0n) is 20.7. The summed E-state index contributed by atoms with van der Waals surface area (Å²) in [6.07, 6.45) is 1.22. The highest BCUT2D eigenvalue weighted by Crippen LogP contribution is 2.30. The minimum atomic E-state index is -0.531. The van der Waals surface area contributed by atoms with E-state index in [1.54, 1.807) is 31.7 Å². The van der Waals surface area contributed by atoms with Gasteiger partial charge >= 0.3 is 6.09 Å². The summed E-state index contributed by atoms with van der Waals surface area (Å²) in [5.74, 6) is 0.148. The molecule has 1 aliphatic rings. The second-order valence-electron chi connectivity index (χ2n) is 8.87. The number of rotatable bonds is 13. The molecular weight excluding hydrogens is 478 g/mol. The van der Waals surface area contributed by atoms with Crippen LogP contribution in [0.25, 0.3) is 0 Å². The van der Waals surface area contributed by atoms with Crippen molar-refractivity contribution in [3.05, 3.63) is 23.8 Å². The maximum absolute atomic E-state index is 12.0. The number of carbonyl (C=O) groups excluding carboxylic acids is 3. The minimum Gasteiger partial charge on any atom is -0.484 e. The van der Waals surface area contributed by atoms with Crippen molar-refractivity contribution in [2.75, 3.05) is 63.4 Å². The minimum absolute atomic E-state index is 0.0536. The third kappa shape index (κ3) is 11.1. The summed E-state index contributed by atoms with van der Waals surface area (Å²) >= 11 is 5.70. The van der Waals surface area contributed by atoms with E-state index in [0.29, 0.717) is 51.8 Å². The number of amides is 3. The fraction of sp³-hybridized carbons (Fsp3) is 0.625. The van der Waals surface area contributed by atoms with Gasteiger partial charge in [-0.25, -0.2) is 4.79 Å². The van der Waals surface area contributed by atoms with Crippen molar-refractivity contribution in [2.24, 2.45) is 0 Å². The number of alkyl carbamates (subject to hydrolysis) is 1. The van der Waals surface area contributed by atoms with Crippen LogP contribution >= 0.6 is 11.6 Å². The fourth-order valence-corrected chi connectivity index (χ4v) is 3.46. The van der Waals surface area contributed by atoms with Crippen molar-refractivity contribution in [3.8, 4) is 5.75 Å². The summed E-state index contributed by atoms with van der Waals surface area (Å²) in [6, 6.07) is 5.44. The molecule has 0 fully saturated rings. The summed E-state index contributed by atoms with van der Waals surface area (Å²) < 4.78 is 21.5. The summed E-state index contributed by atoms with van der Waals surface area (Å²) in [5, 5.41) is 5.33. The molecule has 0 saturated heterocycles. The van der Waals surface area contributed by atoms with Gasteiger partial charge < -0.3 is 34.5 Å². The van der Waals surface area contributed by atoms with Gasteiger partial charge in [-0.05, 0) is 57.4 Å². The van der Waals surface area contributed by atoms with Gasteiger partial charge in [-0.3, -0.25) is 9.59 Å². The van der Waals surface area contributed by atoms with Gasteiger partial charge in [0.2, 0.25) is 5.91 Å². The van der Waals surface area contributed by atoms with Gasteiger partial charge in [-0.15, -0.1) is 11.6 Å². The first kappa shape index (κ1) is 28.7. The Morgan fingerprint density at radius 1 is 1.03 bits per heavy atom. The van der Waals surface area contributed by atoms with Crippen LogP contribution in [-0.4, -0.2) is 82.1 Å². The van der Waals surface area contributed by atoms with Crippen LogP contribution in [0.4, 0.5) is 10.5 Å². The van der Waals surface area contributed by atoms with Crippen molar-refractivity contribution in [1.29, 1.82) is 0 Å². The number of benzene rings is 1. The number of ether oxygens (including phenoxy) is 4. The van der Waals surface area contributed by atoms with Gasteiger partial charge in [0.25, 0.3) is 5.91 Å². The van der Waals surface area contributed by atoms with Gasteiger partial charge in [-0.1, -0.05) is 0 Å². The highest BCUT2D eigenvalue weighted by atomic mass is 35.5. The van der Waals surface area contributed by atoms with E-state index < -0.39 is 11.7 Å². The summed E-state index contributed by atoms with van der Waals surface area (Å²) in [7, 11) is 0. The van der Waals surface area contributed by atoms with Crippen LogP contribution in [0, 0.1) is 0 Å². The Morgan fingerprint density at radius 3 is 2.37 bits per heavy atom. The SMILES string of the molecule is CC(C)(C)OC(=O)NCCOCCOCCNC(=O)COc1ccc2c(c1)CCCN2C(=O)CCl. The number of carbonyl (C=O) groups is 3. The number of fused-ring (bicyclic) bond motifs is 1. The van der Waals surface area contributed by atoms with Crippen LogP contribution in [0.1, 0.15) is 32.8 Å². The molecule has 1 aromatic carbocycles. The van der Waals surface area contributed by atoms with Crippen molar-refractivity contribution in [1.82, 2.24) is 10.6 Å². The molecule has 196 valence electrons. The van der Waals surface area contributed by atoms with Crippen LogP contribution in [0.3, 0.4) is 0 Å². The van der Waals surface area contributed by atoms with Crippen LogP contribution < -0.4 is 20.3 Å². The molecule has 2 N–H and O–H groups in total. The first-order valence-electron chi connectivity index (χ1n) is 11.7. The van der Waals surface area contributed by atoms with Crippen molar-refractivity contribution in [3.63, 3.8) is 0 Å². The highest BCUT2D eigenvalue weighted by Gasteiger charge is 2.22. The number of halogens is 1. The lowest BCUT2D eigenvalue weighted by Crippen LogP contribution is -2.36. The average Bonchev–Trinajstić information content (AvgIpc) is 2.81. The molecule has 11 heteroatoms. The number of alkyl halides is 1. The Bertz CT molecular complexity index is 845. The Balaban J connectivity index is 1.52. The van der Waals surface area contributed by atoms with Gasteiger partial charge in [0.05, 0.1) is 26.4 Å². The number of hydrogen-bond donors (Lipinski definition) is 2. The van der Waals surface area contributed by atoms with Gasteiger partial charge in [0.1, 0.15) is 17.2 Å². The summed E-state index contributed by atoms with van der Waals surface area (Å²) in [5.41, 5.74) is 1.32. The van der Waals surface area contributed by atoms with Crippen LogP contribution in [-0.2, 0) is 30.2 Å². The lowest BCUT2D eigenvalue weighted by molar-refractivity contribution is -0.123. The van der Waals surface area contributed by atoms with E-state index in [1.165, 1.54) is 0 Å². The standard InChI is InChI=1S/C24H36ClN3O7/c1-24(2,3)35-23(31)27-9-12-33-14-13-32-11-8-26-21(29)17-34-19-6-7-20-18(15-19)5-4-10-28(20)22(30)16-25/h6-7,15H,4-5,8-14,16-17H2,1-3H3,(H,26,29)(H,27,31). The molecule has 1 aromatic rings. The van der Waals surface area contributed by atoms with Gasteiger partial charge in [-0.2, -0.15) is 0 Å². The van der Waals surface area contributed by atoms with E-state index in [9.17, 15) is 14.4 Å². The monoisotopic (exact) mass is 513 g/mol. The van der Waals surface area contributed by atoms with Crippen molar-refractivity contribution < 1.29 is 33.3 Å². The molecule has 0 radical (unpaired) electrons. The van der Waals surface area contributed by atoms with E-state index in [4.69, 9.17) is 30.5 Å². The predicted octanol–water partition coefficient (Wildman–Crippen LogP) is 2.26. The van der Waals surface area contributed by atoms with Gasteiger partial charge in [0, 0.05) is 25.3 Å². The highest BCUT2D eigenvalue weighted by molar-refractivity contribution is 6.29. The van der Waals surface area contributed by atoms with Gasteiger partial charge in [0.15, 0.2) is 6.61 Å². The van der Waals surface area contributed by atoms with Crippen molar-refractivity contribution in [2.45, 2.75) is 39.2 Å². The Hall–Kier alpha value is -2.56. The predicted molar refractivity (Wildman–Crippen MR) is 132 cm³/mol. The van der Waals surface area contributed by atoms with E-state index in [-0.39, 0.29) is 24.3 Å². The topological polar surface area (TPSA) is 115 Å². The molecule has 1 heterocycles.